The molecule has 3 rings (SSSR count). The summed E-state index contributed by atoms with van der Waals surface area (Å²) >= 11 is 3.51. The molecule has 0 aliphatic carbocycles. The molecule has 0 bridgehead atoms. The molecule has 0 radical (unpaired) electrons. The fourth-order valence-electron chi connectivity index (χ4n) is 2.66. The maximum Gasteiger partial charge on any atom is 0.414 e. The summed E-state index contributed by atoms with van der Waals surface area (Å²) in [6, 6.07) is 14.0. The summed E-state index contributed by atoms with van der Waals surface area (Å²) in [4.78, 5) is 22.7. The molecule has 0 saturated heterocycles. The zero-order valence-corrected chi connectivity index (χ0v) is 18.7. The summed E-state index contributed by atoms with van der Waals surface area (Å²) in [5, 5.41) is 18.1. The summed E-state index contributed by atoms with van der Waals surface area (Å²) in [6.07, 6.45) is 1.87. The lowest BCUT2D eigenvalue weighted by Crippen LogP contribution is -2.09. The van der Waals surface area contributed by atoms with Gasteiger partial charge in [0.15, 0.2) is 11.5 Å². The summed E-state index contributed by atoms with van der Waals surface area (Å²) in [7, 11) is 5.27. The van der Waals surface area contributed by atoms with Crippen LogP contribution in [0.4, 0.5) is 5.95 Å². The van der Waals surface area contributed by atoms with Crippen molar-refractivity contribution < 1.29 is 29.3 Å². The van der Waals surface area contributed by atoms with Crippen molar-refractivity contribution in [2.45, 2.75) is 6.54 Å². The molecule has 31 heavy (non-hydrogen) atoms. The molecule has 3 aromatic rings. The number of halogens is 1. The molecule has 2 aromatic carbocycles. The van der Waals surface area contributed by atoms with Gasteiger partial charge in [0.05, 0.1) is 26.1 Å². The van der Waals surface area contributed by atoms with Crippen LogP contribution in [0.25, 0.3) is 11.3 Å². The number of aliphatic carboxylic acids is 2. The second-order valence-electron chi connectivity index (χ2n) is 6.19. The van der Waals surface area contributed by atoms with E-state index in [0.29, 0.717) is 6.54 Å². The molecule has 3 N–H and O–H groups in total. The number of carboxylic acids is 2. The Balaban J connectivity index is 0.000000501. The number of aromatic nitrogens is 2. The third-order valence-corrected chi connectivity index (χ3v) is 4.68. The lowest BCUT2D eigenvalue weighted by Gasteiger charge is -2.11. The monoisotopic (exact) mass is 491 g/mol. The van der Waals surface area contributed by atoms with Crippen molar-refractivity contribution in [3.8, 4) is 22.8 Å². The van der Waals surface area contributed by atoms with Crippen molar-refractivity contribution in [3.63, 3.8) is 0 Å². The van der Waals surface area contributed by atoms with E-state index in [9.17, 15) is 0 Å². The van der Waals surface area contributed by atoms with Gasteiger partial charge in [-0.05, 0) is 29.8 Å². The number of nitrogens with one attached hydrogen (secondary N) is 1. The van der Waals surface area contributed by atoms with E-state index in [1.165, 1.54) is 0 Å². The third kappa shape index (κ3) is 6.48. The van der Waals surface area contributed by atoms with E-state index in [-0.39, 0.29) is 0 Å². The quantitative estimate of drug-likeness (QED) is 0.446. The Labute approximate surface area is 187 Å². The first-order valence-corrected chi connectivity index (χ1v) is 9.74. The minimum Gasteiger partial charge on any atom is -0.493 e. The van der Waals surface area contributed by atoms with Crippen LogP contribution >= 0.6 is 15.9 Å². The van der Waals surface area contributed by atoms with Crippen LogP contribution in [0.5, 0.6) is 11.5 Å². The van der Waals surface area contributed by atoms with Gasteiger partial charge in [-0.1, -0.05) is 34.1 Å². The molecule has 10 heteroatoms. The van der Waals surface area contributed by atoms with Crippen molar-refractivity contribution in [2.24, 2.45) is 7.05 Å². The van der Waals surface area contributed by atoms with Crippen molar-refractivity contribution in [3.05, 3.63) is 58.7 Å². The number of anilines is 1. The number of nitrogens with zero attached hydrogens (tertiary/aromatic N) is 2. The van der Waals surface area contributed by atoms with Gasteiger partial charge in [0.2, 0.25) is 5.95 Å². The number of imidazole rings is 1. The largest absolute Gasteiger partial charge is 0.493 e. The van der Waals surface area contributed by atoms with Crippen LogP contribution in [0.1, 0.15) is 5.56 Å². The number of carbonyl (C=O) groups is 2. The predicted molar refractivity (Wildman–Crippen MR) is 118 cm³/mol. The molecular weight excluding hydrogens is 470 g/mol. The maximum absolute atomic E-state index is 9.10. The summed E-state index contributed by atoms with van der Waals surface area (Å²) in [6.45, 7) is 0.642. The first-order valence-electron chi connectivity index (χ1n) is 8.95. The SMILES string of the molecule is COc1ccc(CNc2ncc(-c3cccc(Br)c3)n2C)cc1OC.O=C(O)C(=O)O. The van der Waals surface area contributed by atoms with Gasteiger partial charge < -0.3 is 29.6 Å². The summed E-state index contributed by atoms with van der Waals surface area (Å²) < 4.78 is 13.7. The highest BCUT2D eigenvalue weighted by Gasteiger charge is 2.10. The van der Waals surface area contributed by atoms with Crippen LogP contribution < -0.4 is 14.8 Å². The zero-order valence-electron chi connectivity index (χ0n) is 17.1. The van der Waals surface area contributed by atoms with Gasteiger partial charge in [-0.2, -0.15) is 0 Å². The Morgan fingerprint density at radius 1 is 1.06 bits per heavy atom. The van der Waals surface area contributed by atoms with E-state index in [0.717, 1.165) is 38.7 Å². The van der Waals surface area contributed by atoms with Crippen LogP contribution in [0.3, 0.4) is 0 Å². The summed E-state index contributed by atoms with van der Waals surface area (Å²) in [5.41, 5.74) is 3.25. The molecule has 0 fully saturated rings. The number of methoxy groups -OCH3 is 2. The molecule has 0 atom stereocenters. The molecule has 0 spiro atoms. The van der Waals surface area contributed by atoms with Crippen molar-refractivity contribution in [2.75, 3.05) is 19.5 Å². The number of rotatable bonds is 6. The summed E-state index contributed by atoms with van der Waals surface area (Å²) in [5.74, 6) is -1.40. The van der Waals surface area contributed by atoms with E-state index in [1.807, 2.05) is 48.1 Å². The van der Waals surface area contributed by atoms with Gasteiger partial charge in [-0.25, -0.2) is 14.6 Å². The van der Waals surface area contributed by atoms with Crippen LogP contribution in [0.2, 0.25) is 0 Å². The highest BCUT2D eigenvalue weighted by Crippen LogP contribution is 2.28. The van der Waals surface area contributed by atoms with Crippen LogP contribution in [0, 0.1) is 0 Å². The molecule has 0 aliphatic rings. The third-order valence-electron chi connectivity index (χ3n) is 4.19. The average molecular weight is 492 g/mol. The van der Waals surface area contributed by atoms with E-state index in [4.69, 9.17) is 29.3 Å². The minimum atomic E-state index is -1.82. The molecule has 1 heterocycles. The highest BCUT2D eigenvalue weighted by molar-refractivity contribution is 9.10. The number of hydrogen-bond donors (Lipinski definition) is 3. The van der Waals surface area contributed by atoms with Gasteiger partial charge in [-0.15, -0.1) is 0 Å². The Hall–Kier alpha value is -3.53. The van der Waals surface area contributed by atoms with Gasteiger partial charge in [0.1, 0.15) is 0 Å². The van der Waals surface area contributed by atoms with Gasteiger partial charge in [0, 0.05) is 23.6 Å². The first-order chi connectivity index (χ1) is 14.8. The Morgan fingerprint density at radius 2 is 1.74 bits per heavy atom. The van der Waals surface area contributed by atoms with E-state index < -0.39 is 11.9 Å². The molecule has 1 aromatic heterocycles. The standard InChI is InChI=1S/C19H20BrN3O2.C2H2O4/c1-23-16(14-5-4-6-15(20)10-14)12-22-19(23)21-11-13-7-8-17(24-2)18(9-13)25-3;3-1(4)2(5)6/h4-10,12H,11H2,1-3H3,(H,21,22);(H,3,4)(H,5,6). The Kier molecular flexibility index (Phi) is 8.44. The van der Waals surface area contributed by atoms with Crippen LogP contribution in [-0.2, 0) is 23.2 Å². The van der Waals surface area contributed by atoms with Crippen LogP contribution in [-0.4, -0.2) is 45.9 Å². The van der Waals surface area contributed by atoms with Crippen molar-refractivity contribution >= 4 is 33.8 Å². The molecule has 0 saturated carbocycles. The molecule has 0 unspecified atom stereocenters. The van der Waals surface area contributed by atoms with Gasteiger partial charge in [-0.3, -0.25) is 0 Å². The average Bonchev–Trinajstić information content (AvgIpc) is 3.12. The second-order valence-corrected chi connectivity index (χ2v) is 7.11. The fourth-order valence-corrected chi connectivity index (χ4v) is 3.06. The lowest BCUT2D eigenvalue weighted by molar-refractivity contribution is -0.159. The smallest absolute Gasteiger partial charge is 0.414 e. The van der Waals surface area contributed by atoms with Crippen molar-refractivity contribution in [1.82, 2.24) is 9.55 Å². The Bertz CT molecular complexity index is 1060. The molecule has 164 valence electrons. The normalized spacial score (nSPS) is 9.94. The number of carboxylic acid groups (broad SMARTS) is 2. The van der Waals surface area contributed by atoms with Gasteiger partial charge >= 0.3 is 11.9 Å². The number of ether oxygens (including phenoxy) is 2. The first kappa shape index (κ1) is 23.7. The molecule has 9 nitrogen and oxygen atoms in total. The van der Waals surface area contributed by atoms with Gasteiger partial charge in [0.25, 0.3) is 0 Å². The van der Waals surface area contributed by atoms with E-state index >= 15 is 0 Å². The number of benzene rings is 2. The predicted octanol–water partition coefficient (Wildman–Crippen LogP) is 3.63. The fraction of sp³-hybridized carbons (Fsp3) is 0.190. The maximum atomic E-state index is 9.10. The van der Waals surface area contributed by atoms with E-state index in [1.54, 1.807) is 14.2 Å². The van der Waals surface area contributed by atoms with Crippen molar-refractivity contribution in [1.29, 1.82) is 0 Å². The topological polar surface area (TPSA) is 123 Å². The second kappa shape index (κ2) is 11.0. The molecular formula is C21H22BrN3O6. The Morgan fingerprint density at radius 3 is 2.32 bits per heavy atom. The van der Waals surface area contributed by atoms with E-state index in [2.05, 4.69) is 38.4 Å². The van der Waals surface area contributed by atoms with Crippen LogP contribution in [0.15, 0.2) is 53.1 Å². The molecule has 0 amide bonds. The molecule has 0 aliphatic heterocycles. The highest BCUT2D eigenvalue weighted by atomic mass is 79.9. The zero-order chi connectivity index (χ0) is 23.0. The number of hydrogen-bond acceptors (Lipinski definition) is 6. The lowest BCUT2D eigenvalue weighted by atomic mass is 10.2. The minimum absolute atomic E-state index is 0.642.